The largest absolute Gasteiger partial charge is 0.387 e. The van der Waals surface area contributed by atoms with Gasteiger partial charge in [0.05, 0.1) is 17.2 Å². The summed E-state index contributed by atoms with van der Waals surface area (Å²) in [5.41, 5.74) is 0. The van der Waals surface area contributed by atoms with Crippen LogP contribution in [0.25, 0.3) is 0 Å². The Bertz CT molecular complexity index is 228. The van der Waals surface area contributed by atoms with Gasteiger partial charge in [-0.25, -0.2) is 0 Å². The molecule has 1 N–H and O–H groups in total. The Morgan fingerprint density at radius 1 is 1.69 bits per heavy atom. The van der Waals surface area contributed by atoms with Crippen molar-refractivity contribution in [3.8, 4) is 0 Å². The minimum atomic E-state index is -0.463. The lowest BCUT2D eigenvalue weighted by Gasteiger charge is -2.15. The normalized spacial score (nSPS) is 15.6. The Balaban J connectivity index is 2.43. The molecule has 1 aromatic heterocycles. The fraction of sp³-hybridized carbons (Fsp3) is 0.750. The summed E-state index contributed by atoms with van der Waals surface area (Å²) in [5.74, 6) is 0.183. The zero-order valence-corrected chi connectivity index (χ0v) is 8.62. The SMILES string of the molecule is COCCC(C)C(O)c1cnns1. The molecule has 0 fully saturated rings. The summed E-state index contributed by atoms with van der Waals surface area (Å²) in [6.45, 7) is 2.66. The van der Waals surface area contributed by atoms with E-state index in [0.717, 1.165) is 11.3 Å². The molecule has 0 amide bonds. The third-order valence-electron chi connectivity index (χ3n) is 1.99. The number of aromatic nitrogens is 2. The van der Waals surface area contributed by atoms with E-state index < -0.39 is 6.10 Å². The van der Waals surface area contributed by atoms with E-state index in [1.54, 1.807) is 13.3 Å². The third-order valence-corrected chi connectivity index (χ3v) is 2.72. The van der Waals surface area contributed by atoms with Crippen LogP contribution in [0.3, 0.4) is 0 Å². The van der Waals surface area contributed by atoms with Crippen molar-refractivity contribution in [2.75, 3.05) is 13.7 Å². The molecule has 2 atom stereocenters. The van der Waals surface area contributed by atoms with Crippen LogP contribution in [-0.4, -0.2) is 28.4 Å². The number of methoxy groups -OCH3 is 1. The minimum absolute atomic E-state index is 0.183. The van der Waals surface area contributed by atoms with Crippen molar-refractivity contribution in [2.45, 2.75) is 19.4 Å². The van der Waals surface area contributed by atoms with E-state index >= 15 is 0 Å². The molecule has 0 aromatic carbocycles. The summed E-state index contributed by atoms with van der Waals surface area (Å²) >= 11 is 1.24. The summed E-state index contributed by atoms with van der Waals surface area (Å²) in [7, 11) is 1.66. The number of nitrogens with zero attached hydrogens (tertiary/aromatic N) is 2. The first-order valence-electron chi connectivity index (χ1n) is 4.20. The predicted octanol–water partition coefficient (Wildman–Crippen LogP) is 1.24. The molecule has 0 aliphatic heterocycles. The molecule has 0 spiro atoms. The van der Waals surface area contributed by atoms with Crippen LogP contribution in [-0.2, 0) is 4.74 Å². The molecule has 0 aliphatic rings. The van der Waals surface area contributed by atoms with Crippen LogP contribution < -0.4 is 0 Å². The smallest absolute Gasteiger partial charge is 0.0940 e. The Kier molecular flexibility index (Phi) is 4.27. The summed E-state index contributed by atoms with van der Waals surface area (Å²) in [6.07, 6.45) is 1.99. The molecule has 13 heavy (non-hydrogen) atoms. The number of aliphatic hydroxyl groups excluding tert-OH is 1. The zero-order valence-electron chi connectivity index (χ0n) is 7.80. The van der Waals surface area contributed by atoms with Gasteiger partial charge in [-0.05, 0) is 23.9 Å². The van der Waals surface area contributed by atoms with Gasteiger partial charge in [0.2, 0.25) is 0 Å². The van der Waals surface area contributed by atoms with Crippen molar-refractivity contribution in [3.05, 3.63) is 11.1 Å². The van der Waals surface area contributed by atoms with Crippen LogP contribution in [0.15, 0.2) is 6.20 Å². The molecule has 0 radical (unpaired) electrons. The molecular formula is C8H14N2O2S. The van der Waals surface area contributed by atoms with Gasteiger partial charge in [-0.2, -0.15) is 0 Å². The van der Waals surface area contributed by atoms with Gasteiger partial charge in [0.15, 0.2) is 0 Å². The van der Waals surface area contributed by atoms with E-state index in [1.807, 2.05) is 6.92 Å². The monoisotopic (exact) mass is 202 g/mol. The number of aliphatic hydroxyl groups is 1. The maximum Gasteiger partial charge on any atom is 0.0940 e. The molecule has 4 nitrogen and oxygen atoms in total. The van der Waals surface area contributed by atoms with Crippen LogP contribution >= 0.6 is 11.5 Å². The van der Waals surface area contributed by atoms with Gasteiger partial charge in [-0.1, -0.05) is 11.4 Å². The average Bonchev–Trinajstić information content (AvgIpc) is 2.65. The van der Waals surface area contributed by atoms with Crippen molar-refractivity contribution >= 4 is 11.5 Å². The highest BCUT2D eigenvalue weighted by atomic mass is 32.1. The number of ether oxygens (including phenoxy) is 1. The van der Waals surface area contributed by atoms with Crippen molar-refractivity contribution in [1.29, 1.82) is 0 Å². The Morgan fingerprint density at radius 2 is 2.46 bits per heavy atom. The van der Waals surface area contributed by atoms with Crippen LogP contribution in [0.4, 0.5) is 0 Å². The van der Waals surface area contributed by atoms with Gasteiger partial charge >= 0.3 is 0 Å². The second-order valence-corrected chi connectivity index (χ2v) is 3.84. The minimum Gasteiger partial charge on any atom is -0.387 e. The quantitative estimate of drug-likeness (QED) is 0.780. The Hall–Kier alpha value is -0.520. The van der Waals surface area contributed by atoms with E-state index in [0.29, 0.717) is 6.61 Å². The van der Waals surface area contributed by atoms with E-state index in [9.17, 15) is 5.11 Å². The molecule has 0 saturated heterocycles. The fourth-order valence-electron chi connectivity index (χ4n) is 1.05. The Morgan fingerprint density at radius 3 is 3.00 bits per heavy atom. The highest BCUT2D eigenvalue weighted by Crippen LogP contribution is 2.25. The fourth-order valence-corrected chi connectivity index (χ4v) is 1.67. The number of rotatable bonds is 5. The highest BCUT2D eigenvalue weighted by molar-refractivity contribution is 7.05. The third kappa shape index (κ3) is 3.02. The lowest BCUT2D eigenvalue weighted by molar-refractivity contribution is 0.0910. The second kappa shape index (κ2) is 5.26. The molecule has 0 aliphatic carbocycles. The summed E-state index contributed by atoms with van der Waals surface area (Å²) < 4.78 is 8.65. The lowest BCUT2D eigenvalue weighted by Crippen LogP contribution is -2.10. The molecule has 1 heterocycles. The summed E-state index contributed by atoms with van der Waals surface area (Å²) in [5, 5.41) is 13.5. The van der Waals surface area contributed by atoms with Gasteiger partial charge in [0.1, 0.15) is 0 Å². The van der Waals surface area contributed by atoms with Crippen LogP contribution in [0.1, 0.15) is 24.3 Å². The highest BCUT2D eigenvalue weighted by Gasteiger charge is 2.17. The summed E-state index contributed by atoms with van der Waals surface area (Å²) in [4.78, 5) is 0.823. The Labute approximate surface area is 81.7 Å². The van der Waals surface area contributed by atoms with Crippen molar-refractivity contribution in [3.63, 3.8) is 0 Å². The lowest BCUT2D eigenvalue weighted by atomic mass is 10.0. The standard InChI is InChI=1S/C8H14N2O2S/c1-6(3-4-12-2)8(11)7-5-9-10-13-7/h5-6,8,11H,3-4H2,1-2H3. The molecule has 0 bridgehead atoms. The van der Waals surface area contributed by atoms with E-state index in [-0.39, 0.29) is 5.92 Å². The first kappa shape index (κ1) is 10.6. The van der Waals surface area contributed by atoms with Crippen molar-refractivity contribution in [2.24, 2.45) is 5.92 Å². The van der Waals surface area contributed by atoms with E-state index in [2.05, 4.69) is 9.59 Å². The first-order chi connectivity index (χ1) is 6.25. The van der Waals surface area contributed by atoms with E-state index in [1.165, 1.54) is 11.5 Å². The van der Waals surface area contributed by atoms with Crippen LogP contribution in [0.2, 0.25) is 0 Å². The maximum absolute atomic E-state index is 9.78. The van der Waals surface area contributed by atoms with Gasteiger partial charge in [0, 0.05) is 13.7 Å². The van der Waals surface area contributed by atoms with Crippen LogP contribution in [0.5, 0.6) is 0 Å². The number of hydrogen-bond donors (Lipinski definition) is 1. The van der Waals surface area contributed by atoms with Crippen molar-refractivity contribution < 1.29 is 9.84 Å². The molecule has 5 heteroatoms. The average molecular weight is 202 g/mol. The molecule has 74 valence electrons. The number of hydrogen-bond acceptors (Lipinski definition) is 5. The van der Waals surface area contributed by atoms with E-state index in [4.69, 9.17) is 4.74 Å². The van der Waals surface area contributed by atoms with Gasteiger partial charge in [0.25, 0.3) is 0 Å². The van der Waals surface area contributed by atoms with Gasteiger partial charge < -0.3 is 9.84 Å². The topological polar surface area (TPSA) is 55.2 Å². The molecule has 1 rings (SSSR count). The molecule has 0 saturated carbocycles. The second-order valence-electron chi connectivity index (χ2n) is 3.02. The maximum atomic E-state index is 9.78. The molecular weight excluding hydrogens is 188 g/mol. The zero-order chi connectivity index (χ0) is 9.68. The van der Waals surface area contributed by atoms with Crippen molar-refractivity contribution in [1.82, 2.24) is 9.59 Å². The predicted molar refractivity (Wildman–Crippen MR) is 50.5 cm³/mol. The van der Waals surface area contributed by atoms with Gasteiger partial charge in [-0.15, -0.1) is 5.10 Å². The molecule has 1 aromatic rings. The molecule has 2 unspecified atom stereocenters. The summed E-state index contributed by atoms with van der Waals surface area (Å²) in [6, 6.07) is 0. The first-order valence-corrected chi connectivity index (χ1v) is 4.97. The van der Waals surface area contributed by atoms with Gasteiger partial charge in [-0.3, -0.25) is 0 Å². The van der Waals surface area contributed by atoms with Crippen LogP contribution in [0, 0.1) is 5.92 Å².